The summed E-state index contributed by atoms with van der Waals surface area (Å²) < 4.78 is 28.8. The predicted octanol–water partition coefficient (Wildman–Crippen LogP) is 5.59. The zero-order valence-electron chi connectivity index (χ0n) is 11.1. The number of hydrogen-bond acceptors (Lipinski definition) is 2. The van der Waals surface area contributed by atoms with E-state index in [1.54, 1.807) is 12.1 Å². The van der Waals surface area contributed by atoms with Gasteiger partial charge in [0.25, 0.3) is 0 Å². The molecule has 0 heterocycles. The Morgan fingerprint density at radius 1 is 1.25 bits per heavy atom. The Kier molecular flexibility index (Phi) is 5.33. The minimum Gasteiger partial charge on any atom is -0.432 e. The first-order chi connectivity index (χ1) is 9.45. The van der Waals surface area contributed by atoms with Crippen molar-refractivity contribution in [2.75, 3.05) is 5.32 Å². The normalized spacial score (nSPS) is 22.9. The molecule has 0 radical (unpaired) electrons. The lowest BCUT2D eigenvalue weighted by atomic mass is 9.87. The lowest BCUT2D eigenvalue weighted by Crippen LogP contribution is -2.26. The number of nitrogens with one attached hydrogen (secondary N) is 1. The Balaban J connectivity index is 2.09. The highest BCUT2D eigenvalue weighted by Gasteiger charge is 2.20. The largest absolute Gasteiger partial charge is 0.432 e. The second-order valence-corrected chi connectivity index (χ2v) is 6.07. The highest BCUT2D eigenvalue weighted by Crippen LogP contribution is 2.37. The lowest BCUT2D eigenvalue weighted by Gasteiger charge is -2.28. The van der Waals surface area contributed by atoms with E-state index >= 15 is 0 Å². The van der Waals surface area contributed by atoms with Crippen LogP contribution in [0, 0.1) is 5.92 Å². The van der Waals surface area contributed by atoms with Crippen LogP contribution in [0.5, 0.6) is 5.75 Å². The molecule has 20 heavy (non-hydrogen) atoms. The van der Waals surface area contributed by atoms with Crippen LogP contribution >= 0.6 is 23.2 Å². The van der Waals surface area contributed by atoms with Crippen LogP contribution < -0.4 is 10.1 Å². The molecule has 1 aliphatic rings. The molecule has 2 rings (SSSR count). The van der Waals surface area contributed by atoms with Crippen LogP contribution in [0.1, 0.15) is 32.6 Å². The summed E-state index contributed by atoms with van der Waals surface area (Å²) in [6.45, 7) is -0.712. The minimum atomic E-state index is -2.94. The van der Waals surface area contributed by atoms with Crippen LogP contribution in [-0.4, -0.2) is 12.7 Å². The van der Waals surface area contributed by atoms with E-state index in [4.69, 9.17) is 23.2 Å². The molecular formula is C14H17Cl2F2NO. The minimum absolute atomic E-state index is 0.0872. The number of benzene rings is 1. The van der Waals surface area contributed by atoms with Crippen molar-refractivity contribution in [1.29, 1.82) is 0 Å². The van der Waals surface area contributed by atoms with E-state index < -0.39 is 6.61 Å². The maximum Gasteiger partial charge on any atom is 0.387 e. The summed E-state index contributed by atoms with van der Waals surface area (Å²) in [6.07, 6.45) is 4.62. The summed E-state index contributed by atoms with van der Waals surface area (Å²) in [5, 5.41) is 3.54. The molecule has 0 spiro atoms. The summed E-state index contributed by atoms with van der Waals surface area (Å²) in [5.74, 6) is 0.513. The molecular weight excluding hydrogens is 307 g/mol. The fourth-order valence-electron chi connectivity index (χ4n) is 2.65. The molecule has 1 aliphatic carbocycles. The van der Waals surface area contributed by atoms with E-state index in [1.165, 1.54) is 12.8 Å². The van der Waals surface area contributed by atoms with Crippen molar-refractivity contribution < 1.29 is 13.5 Å². The third kappa shape index (κ3) is 4.13. The summed E-state index contributed by atoms with van der Waals surface area (Å²) in [6, 6.07) is 3.52. The molecule has 1 aromatic rings. The summed E-state index contributed by atoms with van der Waals surface area (Å²) >= 11 is 11.9. The van der Waals surface area contributed by atoms with Crippen LogP contribution in [0.15, 0.2) is 12.1 Å². The molecule has 0 saturated heterocycles. The van der Waals surface area contributed by atoms with Crippen molar-refractivity contribution in [3.63, 3.8) is 0 Å². The van der Waals surface area contributed by atoms with E-state index in [0.29, 0.717) is 12.0 Å². The number of ether oxygens (including phenoxy) is 1. The van der Waals surface area contributed by atoms with E-state index in [-0.39, 0.29) is 15.8 Å². The number of alkyl halides is 2. The van der Waals surface area contributed by atoms with Crippen LogP contribution in [0.2, 0.25) is 10.0 Å². The van der Waals surface area contributed by atoms with Gasteiger partial charge in [0.05, 0.1) is 10.0 Å². The predicted molar refractivity (Wildman–Crippen MR) is 78.1 cm³/mol. The Morgan fingerprint density at radius 3 is 2.45 bits per heavy atom. The first-order valence-electron chi connectivity index (χ1n) is 6.66. The first kappa shape index (κ1) is 15.6. The third-order valence-corrected chi connectivity index (χ3v) is 4.07. The van der Waals surface area contributed by atoms with Crippen molar-refractivity contribution in [1.82, 2.24) is 0 Å². The van der Waals surface area contributed by atoms with Gasteiger partial charge in [0.15, 0.2) is 5.75 Å². The topological polar surface area (TPSA) is 21.3 Å². The Hall–Kier alpha value is -0.740. The van der Waals surface area contributed by atoms with Gasteiger partial charge in [0.2, 0.25) is 0 Å². The van der Waals surface area contributed by atoms with Gasteiger partial charge in [0, 0.05) is 11.7 Å². The molecule has 0 aromatic heterocycles. The van der Waals surface area contributed by atoms with Gasteiger partial charge in [-0.15, -0.1) is 0 Å². The van der Waals surface area contributed by atoms with Gasteiger partial charge in [-0.3, -0.25) is 0 Å². The van der Waals surface area contributed by atoms with Gasteiger partial charge >= 0.3 is 6.61 Å². The molecule has 1 fully saturated rings. The summed E-state index contributed by atoms with van der Waals surface area (Å²) in [5.41, 5.74) is 0.737. The molecule has 112 valence electrons. The zero-order valence-corrected chi connectivity index (χ0v) is 12.6. The summed E-state index contributed by atoms with van der Waals surface area (Å²) in [7, 11) is 0. The van der Waals surface area contributed by atoms with Crippen molar-refractivity contribution >= 4 is 28.9 Å². The summed E-state index contributed by atoms with van der Waals surface area (Å²) in [4.78, 5) is 0. The van der Waals surface area contributed by atoms with Gasteiger partial charge in [-0.2, -0.15) is 8.78 Å². The van der Waals surface area contributed by atoms with Crippen LogP contribution in [-0.2, 0) is 0 Å². The molecule has 0 bridgehead atoms. The number of hydrogen-bond donors (Lipinski definition) is 1. The fourth-order valence-corrected chi connectivity index (χ4v) is 3.22. The second-order valence-electron chi connectivity index (χ2n) is 5.26. The van der Waals surface area contributed by atoms with Gasteiger partial charge in [-0.05, 0) is 30.9 Å². The number of anilines is 1. The second kappa shape index (κ2) is 6.81. The van der Waals surface area contributed by atoms with Crippen molar-refractivity contribution in [2.24, 2.45) is 5.92 Å². The Bertz CT molecular complexity index is 447. The molecule has 6 heteroatoms. The molecule has 0 aliphatic heterocycles. The molecule has 2 atom stereocenters. The fraction of sp³-hybridized carbons (Fsp3) is 0.571. The smallest absolute Gasteiger partial charge is 0.387 e. The quantitative estimate of drug-likeness (QED) is 0.780. The van der Waals surface area contributed by atoms with Crippen LogP contribution in [0.4, 0.5) is 14.5 Å². The van der Waals surface area contributed by atoms with Crippen molar-refractivity contribution in [2.45, 2.75) is 45.3 Å². The highest BCUT2D eigenvalue weighted by molar-refractivity contribution is 6.37. The Labute approximate surface area is 127 Å². The maximum atomic E-state index is 12.2. The average molecular weight is 324 g/mol. The standard InChI is InChI=1S/C14H17Cl2F2NO/c1-8-3-2-4-9(5-8)19-10-6-11(15)13(12(16)7-10)20-14(17)18/h6-9,14,19H,2-5H2,1H3. The highest BCUT2D eigenvalue weighted by atomic mass is 35.5. The molecule has 0 amide bonds. The SMILES string of the molecule is CC1CCCC(Nc2cc(Cl)c(OC(F)F)c(Cl)c2)C1. The molecule has 1 N–H and O–H groups in total. The lowest BCUT2D eigenvalue weighted by molar-refractivity contribution is -0.0497. The van der Waals surface area contributed by atoms with E-state index in [2.05, 4.69) is 17.0 Å². The number of rotatable bonds is 4. The van der Waals surface area contributed by atoms with E-state index in [0.717, 1.165) is 18.5 Å². The van der Waals surface area contributed by atoms with Gasteiger partial charge < -0.3 is 10.1 Å². The Morgan fingerprint density at radius 2 is 1.90 bits per heavy atom. The average Bonchev–Trinajstić information content (AvgIpc) is 2.33. The maximum absolute atomic E-state index is 12.2. The van der Waals surface area contributed by atoms with Crippen molar-refractivity contribution in [3.05, 3.63) is 22.2 Å². The monoisotopic (exact) mass is 323 g/mol. The van der Waals surface area contributed by atoms with Gasteiger partial charge in [-0.25, -0.2) is 0 Å². The molecule has 1 aromatic carbocycles. The molecule has 1 saturated carbocycles. The van der Waals surface area contributed by atoms with Crippen LogP contribution in [0.3, 0.4) is 0 Å². The van der Waals surface area contributed by atoms with Crippen molar-refractivity contribution in [3.8, 4) is 5.75 Å². The number of halogens is 4. The van der Waals surface area contributed by atoms with Gasteiger partial charge in [0.1, 0.15) is 0 Å². The van der Waals surface area contributed by atoms with E-state index in [1.807, 2.05) is 0 Å². The molecule has 2 unspecified atom stereocenters. The molecule has 2 nitrogen and oxygen atoms in total. The third-order valence-electron chi connectivity index (χ3n) is 3.51. The van der Waals surface area contributed by atoms with Gasteiger partial charge in [-0.1, -0.05) is 43.0 Å². The van der Waals surface area contributed by atoms with E-state index in [9.17, 15) is 8.78 Å². The first-order valence-corrected chi connectivity index (χ1v) is 7.41. The zero-order chi connectivity index (χ0) is 14.7. The van der Waals surface area contributed by atoms with Crippen LogP contribution in [0.25, 0.3) is 0 Å².